The largest absolute Gasteiger partial charge is 0.492 e. The number of benzene rings is 1. The normalized spacial score (nSPS) is 11.5. The van der Waals surface area contributed by atoms with Crippen LogP contribution in [-0.4, -0.2) is 26.7 Å². The molecule has 0 radical (unpaired) electrons. The van der Waals surface area contributed by atoms with Crippen LogP contribution in [0.3, 0.4) is 0 Å². The van der Waals surface area contributed by atoms with Gasteiger partial charge in [-0.1, -0.05) is 23.4 Å². The highest BCUT2D eigenvalue weighted by Gasteiger charge is 2.19. The molecule has 0 saturated carbocycles. The lowest BCUT2D eigenvalue weighted by molar-refractivity contribution is 0.0737. The Hall–Kier alpha value is -1.88. The highest BCUT2D eigenvalue weighted by atomic mass is 16.5. The van der Waals surface area contributed by atoms with Crippen molar-refractivity contribution in [3.8, 4) is 5.75 Å². The minimum atomic E-state index is -0.960. The van der Waals surface area contributed by atoms with E-state index in [2.05, 4.69) is 10.3 Å². The number of hydrogen-bond donors (Lipinski definition) is 1. The second-order valence-corrected chi connectivity index (χ2v) is 4.59. The molecule has 0 bridgehead atoms. The van der Waals surface area contributed by atoms with Crippen LogP contribution in [0.4, 0.5) is 0 Å². The molecule has 0 saturated heterocycles. The summed E-state index contributed by atoms with van der Waals surface area (Å²) in [6.45, 7) is 4.47. The van der Waals surface area contributed by atoms with E-state index in [1.165, 1.54) is 0 Å². The first-order valence-electron chi connectivity index (χ1n) is 5.86. The Labute approximate surface area is 106 Å². The lowest BCUT2D eigenvalue weighted by atomic mass is 10.1. The van der Waals surface area contributed by atoms with E-state index >= 15 is 0 Å². The van der Waals surface area contributed by atoms with Gasteiger partial charge in [-0.05, 0) is 26.0 Å². The van der Waals surface area contributed by atoms with Crippen LogP contribution in [0.5, 0.6) is 5.75 Å². The maximum absolute atomic E-state index is 9.76. The van der Waals surface area contributed by atoms with Crippen molar-refractivity contribution in [3.05, 3.63) is 42.2 Å². The van der Waals surface area contributed by atoms with Crippen molar-refractivity contribution in [2.75, 3.05) is 6.61 Å². The topological polar surface area (TPSA) is 60.2 Å². The maximum atomic E-state index is 9.76. The predicted molar refractivity (Wildman–Crippen MR) is 67.2 cm³/mol. The monoisotopic (exact) mass is 247 g/mol. The molecule has 1 heterocycles. The summed E-state index contributed by atoms with van der Waals surface area (Å²) in [6.07, 6.45) is 1.73. The second kappa shape index (κ2) is 5.18. The van der Waals surface area contributed by atoms with Gasteiger partial charge in [-0.3, -0.25) is 0 Å². The van der Waals surface area contributed by atoms with Crippen LogP contribution in [0.1, 0.15) is 19.5 Å². The summed E-state index contributed by atoms with van der Waals surface area (Å²) in [4.78, 5) is 0. The van der Waals surface area contributed by atoms with Gasteiger partial charge in [0, 0.05) is 0 Å². The number of hydrogen-bond acceptors (Lipinski definition) is 4. The number of para-hydroxylation sites is 1. The van der Waals surface area contributed by atoms with Crippen LogP contribution < -0.4 is 4.74 Å². The smallest absolute Gasteiger partial charge is 0.119 e. The van der Waals surface area contributed by atoms with Crippen molar-refractivity contribution < 1.29 is 9.84 Å². The molecule has 2 rings (SSSR count). The summed E-state index contributed by atoms with van der Waals surface area (Å²) >= 11 is 0. The molecule has 1 aromatic heterocycles. The van der Waals surface area contributed by atoms with Gasteiger partial charge in [0.05, 0.1) is 12.7 Å². The molecule has 5 nitrogen and oxygen atoms in total. The summed E-state index contributed by atoms with van der Waals surface area (Å²) in [5, 5.41) is 17.6. The Balaban J connectivity index is 1.86. The van der Waals surface area contributed by atoms with E-state index in [4.69, 9.17) is 4.74 Å². The Morgan fingerprint density at radius 1 is 1.28 bits per heavy atom. The number of ether oxygens (including phenoxy) is 1. The van der Waals surface area contributed by atoms with Crippen LogP contribution in [0, 0.1) is 0 Å². The van der Waals surface area contributed by atoms with E-state index in [0.29, 0.717) is 18.8 Å². The van der Waals surface area contributed by atoms with Gasteiger partial charge in [0.1, 0.15) is 23.7 Å². The van der Waals surface area contributed by atoms with E-state index in [1.807, 2.05) is 30.3 Å². The molecule has 0 spiro atoms. The third kappa shape index (κ3) is 3.30. The van der Waals surface area contributed by atoms with Crippen molar-refractivity contribution in [1.29, 1.82) is 0 Å². The van der Waals surface area contributed by atoms with E-state index in [0.717, 1.165) is 5.75 Å². The first kappa shape index (κ1) is 12.6. The van der Waals surface area contributed by atoms with Crippen molar-refractivity contribution in [2.45, 2.75) is 26.0 Å². The van der Waals surface area contributed by atoms with Crippen molar-refractivity contribution in [1.82, 2.24) is 15.0 Å². The molecule has 1 N–H and O–H groups in total. The van der Waals surface area contributed by atoms with Gasteiger partial charge in [-0.25, -0.2) is 4.68 Å². The maximum Gasteiger partial charge on any atom is 0.119 e. The molecule has 2 aromatic rings. The molecule has 96 valence electrons. The Kier molecular flexibility index (Phi) is 3.62. The minimum Gasteiger partial charge on any atom is -0.492 e. The first-order chi connectivity index (χ1) is 8.55. The third-order valence-electron chi connectivity index (χ3n) is 2.50. The second-order valence-electron chi connectivity index (χ2n) is 4.59. The summed E-state index contributed by atoms with van der Waals surface area (Å²) in [7, 11) is 0. The van der Waals surface area contributed by atoms with E-state index in [9.17, 15) is 5.11 Å². The molecule has 0 aliphatic heterocycles. The van der Waals surface area contributed by atoms with Gasteiger partial charge in [-0.15, -0.1) is 5.10 Å². The van der Waals surface area contributed by atoms with Crippen molar-refractivity contribution >= 4 is 0 Å². The lowest BCUT2D eigenvalue weighted by Crippen LogP contribution is -2.16. The van der Waals surface area contributed by atoms with Crippen LogP contribution in [0.2, 0.25) is 0 Å². The predicted octanol–water partition coefficient (Wildman–Crippen LogP) is 1.58. The standard InChI is InChI=1S/C13H17N3O2/c1-13(2,17)12-10-16(15-14-12)8-9-18-11-6-4-3-5-7-11/h3-7,10,17H,8-9H2,1-2H3. The quantitative estimate of drug-likeness (QED) is 0.871. The van der Waals surface area contributed by atoms with Gasteiger partial charge in [-0.2, -0.15) is 0 Å². The van der Waals surface area contributed by atoms with Gasteiger partial charge < -0.3 is 9.84 Å². The summed E-state index contributed by atoms with van der Waals surface area (Å²) in [5.74, 6) is 0.834. The van der Waals surface area contributed by atoms with E-state index in [-0.39, 0.29) is 0 Å². The molecule has 0 aliphatic rings. The van der Waals surface area contributed by atoms with Crippen LogP contribution in [-0.2, 0) is 12.1 Å². The van der Waals surface area contributed by atoms with Crippen LogP contribution >= 0.6 is 0 Å². The molecular formula is C13H17N3O2. The Morgan fingerprint density at radius 3 is 2.61 bits per heavy atom. The van der Waals surface area contributed by atoms with Gasteiger partial charge in [0.2, 0.25) is 0 Å². The zero-order chi connectivity index (χ0) is 13.0. The zero-order valence-corrected chi connectivity index (χ0v) is 10.6. The van der Waals surface area contributed by atoms with Crippen LogP contribution in [0.25, 0.3) is 0 Å². The number of aliphatic hydroxyl groups is 1. The zero-order valence-electron chi connectivity index (χ0n) is 10.6. The van der Waals surface area contributed by atoms with E-state index < -0.39 is 5.60 Å². The number of rotatable bonds is 5. The fraction of sp³-hybridized carbons (Fsp3) is 0.385. The molecule has 1 aromatic carbocycles. The molecule has 18 heavy (non-hydrogen) atoms. The Morgan fingerprint density at radius 2 is 2.00 bits per heavy atom. The molecule has 0 amide bonds. The highest BCUT2D eigenvalue weighted by molar-refractivity contribution is 5.20. The lowest BCUT2D eigenvalue weighted by Gasteiger charge is -2.11. The average Bonchev–Trinajstić information content (AvgIpc) is 2.79. The first-order valence-corrected chi connectivity index (χ1v) is 5.86. The molecular weight excluding hydrogens is 230 g/mol. The van der Waals surface area contributed by atoms with Gasteiger partial charge in [0.15, 0.2) is 0 Å². The van der Waals surface area contributed by atoms with Gasteiger partial charge >= 0.3 is 0 Å². The molecule has 0 fully saturated rings. The molecule has 0 aliphatic carbocycles. The summed E-state index contributed by atoms with van der Waals surface area (Å²) < 4.78 is 7.22. The molecule has 0 unspecified atom stereocenters. The SMILES string of the molecule is CC(C)(O)c1cn(CCOc2ccccc2)nn1. The fourth-order valence-electron chi connectivity index (χ4n) is 1.46. The third-order valence-corrected chi connectivity index (χ3v) is 2.50. The molecule has 0 atom stereocenters. The highest BCUT2D eigenvalue weighted by Crippen LogP contribution is 2.15. The van der Waals surface area contributed by atoms with Crippen molar-refractivity contribution in [2.24, 2.45) is 0 Å². The number of nitrogens with zero attached hydrogens (tertiary/aromatic N) is 3. The van der Waals surface area contributed by atoms with Crippen LogP contribution in [0.15, 0.2) is 36.5 Å². The fourth-order valence-corrected chi connectivity index (χ4v) is 1.46. The van der Waals surface area contributed by atoms with Gasteiger partial charge in [0.25, 0.3) is 0 Å². The average molecular weight is 247 g/mol. The summed E-state index contributed by atoms with van der Waals surface area (Å²) in [5.41, 5.74) is -0.402. The van der Waals surface area contributed by atoms with E-state index in [1.54, 1.807) is 24.7 Å². The molecule has 5 heteroatoms. The summed E-state index contributed by atoms with van der Waals surface area (Å²) in [6, 6.07) is 9.61. The van der Waals surface area contributed by atoms with Crippen molar-refractivity contribution in [3.63, 3.8) is 0 Å². The Bertz CT molecular complexity index is 488. The minimum absolute atomic E-state index is 0.513. The number of aromatic nitrogens is 3.